The van der Waals surface area contributed by atoms with Crippen molar-refractivity contribution in [2.24, 2.45) is 5.73 Å². The summed E-state index contributed by atoms with van der Waals surface area (Å²) < 4.78 is 13.2. The van der Waals surface area contributed by atoms with E-state index < -0.39 is 0 Å². The van der Waals surface area contributed by atoms with Gasteiger partial charge in [0.2, 0.25) is 0 Å². The second kappa shape index (κ2) is 3.63. The molecule has 1 rings (SSSR count). The fraction of sp³-hybridized carbons (Fsp3) is 0.222. The molecule has 0 spiro atoms. The van der Waals surface area contributed by atoms with Gasteiger partial charge in [-0.05, 0) is 18.1 Å². The molecule has 0 saturated heterocycles. The molecule has 0 bridgehead atoms. The third kappa shape index (κ3) is 2.01. The van der Waals surface area contributed by atoms with E-state index in [2.05, 4.69) is 0 Å². The van der Waals surface area contributed by atoms with Crippen molar-refractivity contribution in [2.75, 3.05) is 0 Å². The maximum Gasteiger partial charge on any atom is 0.129 e. The number of rotatable bonds is 2. The van der Waals surface area contributed by atoms with Crippen LogP contribution in [0.25, 0.3) is 0 Å². The van der Waals surface area contributed by atoms with Gasteiger partial charge in [-0.3, -0.25) is 0 Å². The van der Waals surface area contributed by atoms with Gasteiger partial charge in [-0.1, -0.05) is 30.4 Å². The van der Waals surface area contributed by atoms with Gasteiger partial charge in [0.15, 0.2) is 0 Å². The van der Waals surface area contributed by atoms with E-state index in [-0.39, 0.29) is 5.82 Å². The Hall–Kier alpha value is -0.960. The number of nitrogens with two attached hydrogens (primary N) is 1. The standard InChI is InChI=1S/C9H10FNS/c1-6-3-2-4-7(9(6)10)5-8(11)12/h2-4H,5H2,1H3,(H2,11,12). The Morgan fingerprint density at radius 2 is 2.25 bits per heavy atom. The summed E-state index contributed by atoms with van der Waals surface area (Å²) in [6.45, 7) is 1.72. The zero-order valence-electron chi connectivity index (χ0n) is 6.80. The van der Waals surface area contributed by atoms with Crippen molar-refractivity contribution in [3.8, 4) is 0 Å². The van der Waals surface area contributed by atoms with Crippen LogP contribution in [-0.2, 0) is 6.42 Å². The fourth-order valence-electron chi connectivity index (χ4n) is 1.03. The maximum absolute atomic E-state index is 13.2. The van der Waals surface area contributed by atoms with Crippen LogP contribution in [0.1, 0.15) is 11.1 Å². The van der Waals surface area contributed by atoms with Gasteiger partial charge in [-0.25, -0.2) is 4.39 Å². The zero-order valence-corrected chi connectivity index (χ0v) is 7.62. The number of hydrogen-bond acceptors (Lipinski definition) is 1. The molecule has 0 aliphatic heterocycles. The van der Waals surface area contributed by atoms with Crippen LogP contribution in [0.3, 0.4) is 0 Å². The Bertz CT molecular complexity index is 309. The summed E-state index contributed by atoms with van der Waals surface area (Å²) in [6.07, 6.45) is 0.336. The molecule has 0 saturated carbocycles. The summed E-state index contributed by atoms with van der Waals surface area (Å²) >= 11 is 4.69. The normalized spacial score (nSPS) is 9.83. The van der Waals surface area contributed by atoms with Gasteiger partial charge in [-0.2, -0.15) is 0 Å². The predicted molar refractivity (Wildman–Crippen MR) is 51.6 cm³/mol. The van der Waals surface area contributed by atoms with Crippen molar-refractivity contribution in [1.82, 2.24) is 0 Å². The molecule has 0 amide bonds. The first-order valence-corrected chi connectivity index (χ1v) is 4.04. The van der Waals surface area contributed by atoms with Crippen LogP contribution in [-0.4, -0.2) is 4.99 Å². The average Bonchev–Trinajstić information content (AvgIpc) is 1.98. The minimum absolute atomic E-state index is 0.203. The molecule has 0 fully saturated rings. The highest BCUT2D eigenvalue weighted by Crippen LogP contribution is 2.12. The lowest BCUT2D eigenvalue weighted by Crippen LogP contribution is -2.12. The van der Waals surface area contributed by atoms with Crippen molar-refractivity contribution in [3.63, 3.8) is 0 Å². The van der Waals surface area contributed by atoms with Crippen molar-refractivity contribution in [3.05, 3.63) is 35.1 Å². The molecule has 0 radical (unpaired) electrons. The van der Waals surface area contributed by atoms with Crippen molar-refractivity contribution in [1.29, 1.82) is 0 Å². The maximum atomic E-state index is 13.2. The van der Waals surface area contributed by atoms with Gasteiger partial charge in [0, 0.05) is 6.42 Å². The fourth-order valence-corrected chi connectivity index (χ4v) is 1.19. The van der Waals surface area contributed by atoms with E-state index >= 15 is 0 Å². The van der Waals surface area contributed by atoms with Gasteiger partial charge in [-0.15, -0.1) is 0 Å². The predicted octanol–water partition coefficient (Wildman–Crippen LogP) is 1.96. The summed E-state index contributed by atoms with van der Waals surface area (Å²) in [5, 5.41) is 0. The third-order valence-corrected chi connectivity index (χ3v) is 1.78. The number of halogens is 1. The topological polar surface area (TPSA) is 26.0 Å². The average molecular weight is 183 g/mol. The first-order chi connectivity index (χ1) is 5.61. The Kier molecular flexibility index (Phi) is 2.76. The van der Waals surface area contributed by atoms with Gasteiger partial charge in [0.1, 0.15) is 5.82 Å². The molecule has 64 valence electrons. The SMILES string of the molecule is Cc1cccc(CC(N)=S)c1F. The van der Waals surface area contributed by atoms with Gasteiger partial charge in [0.25, 0.3) is 0 Å². The molecule has 0 aromatic heterocycles. The molecule has 2 N–H and O–H groups in total. The van der Waals surface area contributed by atoms with E-state index in [1.165, 1.54) is 0 Å². The van der Waals surface area contributed by atoms with Gasteiger partial charge < -0.3 is 5.73 Å². The number of aryl methyl sites for hydroxylation is 1. The lowest BCUT2D eigenvalue weighted by atomic mass is 10.1. The quantitative estimate of drug-likeness (QED) is 0.709. The number of benzene rings is 1. The summed E-state index contributed by atoms with van der Waals surface area (Å²) in [4.78, 5) is 0.319. The Labute approximate surface area is 76.4 Å². The van der Waals surface area contributed by atoms with Gasteiger partial charge in [0.05, 0.1) is 4.99 Å². The highest BCUT2D eigenvalue weighted by Gasteiger charge is 2.04. The Morgan fingerprint density at radius 1 is 1.58 bits per heavy atom. The van der Waals surface area contributed by atoms with E-state index in [0.717, 1.165) is 0 Å². The number of hydrogen-bond donors (Lipinski definition) is 1. The van der Waals surface area contributed by atoms with Crippen molar-refractivity contribution < 1.29 is 4.39 Å². The Morgan fingerprint density at radius 3 is 2.83 bits per heavy atom. The minimum Gasteiger partial charge on any atom is -0.393 e. The van der Waals surface area contributed by atoms with E-state index in [4.69, 9.17) is 18.0 Å². The molecule has 3 heteroatoms. The molecule has 1 aromatic carbocycles. The molecule has 12 heavy (non-hydrogen) atoms. The summed E-state index contributed by atoms with van der Waals surface area (Å²) in [5.74, 6) is -0.203. The van der Waals surface area contributed by atoms with Crippen molar-refractivity contribution in [2.45, 2.75) is 13.3 Å². The van der Waals surface area contributed by atoms with E-state index in [0.29, 0.717) is 22.5 Å². The van der Waals surface area contributed by atoms with Gasteiger partial charge >= 0.3 is 0 Å². The second-order valence-corrected chi connectivity index (χ2v) is 3.22. The monoisotopic (exact) mass is 183 g/mol. The first kappa shape index (κ1) is 9.13. The molecule has 1 nitrogen and oxygen atoms in total. The van der Waals surface area contributed by atoms with Crippen LogP contribution in [0, 0.1) is 12.7 Å². The number of thiocarbonyl (C=S) groups is 1. The molecule has 0 unspecified atom stereocenters. The first-order valence-electron chi connectivity index (χ1n) is 3.63. The van der Waals surface area contributed by atoms with Crippen LogP contribution in [0.15, 0.2) is 18.2 Å². The molecule has 0 heterocycles. The smallest absolute Gasteiger partial charge is 0.129 e. The van der Waals surface area contributed by atoms with Crippen LogP contribution in [0.4, 0.5) is 4.39 Å². The van der Waals surface area contributed by atoms with E-state index in [1.54, 1.807) is 25.1 Å². The molecule has 1 aromatic rings. The van der Waals surface area contributed by atoms with E-state index in [1.807, 2.05) is 0 Å². The zero-order chi connectivity index (χ0) is 9.14. The summed E-state index contributed by atoms with van der Waals surface area (Å²) in [5.41, 5.74) is 6.51. The largest absolute Gasteiger partial charge is 0.393 e. The lowest BCUT2D eigenvalue weighted by molar-refractivity contribution is 0.607. The molecule has 0 atom stereocenters. The highest BCUT2D eigenvalue weighted by molar-refractivity contribution is 7.80. The summed E-state index contributed by atoms with van der Waals surface area (Å²) in [6, 6.07) is 5.21. The van der Waals surface area contributed by atoms with Crippen LogP contribution < -0.4 is 5.73 Å². The molecule has 0 aliphatic carbocycles. The third-order valence-electron chi connectivity index (χ3n) is 1.64. The van der Waals surface area contributed by atoms with Crippen LogP contribution in [0.5, 0.6) is 0 Å². The van der Waals surface area contributed by atoms with Crippen molar-refractivity contribution >= 4 is 17.2 Å². The molecular formula is C9H10FNS. The Balaban J connectivity index is 3.00. The lowest BCUT2D eigenvalue weighted by Gasteiger charge is -2.03. The molecule has 0 aliphatic rings. The second-order valence-electron chi connectivity index (χ2n) is 2.69. The molecular weight excluding hydrogens is 173 g/mol. The van der Waals surface area contributed by atoms with E-state index in [9.17, 15) is 4.39 Å². The minimum atomic E-state index is -0.203. The van der Waals surface area contributed by atoms with Crippen LogP contribution >= 0.6 is 12.2 Å². The van der Waals surface area contributed by atoms with Crippen LogP contribution in [0.2, 0.25) is 0 Å². The summed E-state index contributed by atoms with van der Waals surface area (Å²) in [7, 11) is 0. The highest BCUT2D eigenvalue weighted by atomic mass is 32.1.